The molecule has 36 heavy (non-hydrogen) atoms. The molecular weight excluding hydrogens is 518 g/mol. The van der Waals surface area contributed by atoms with Gasteiger partial charge in [0.15, 0.2) is 0 Å². The first-order valence-electron chi connectivity index (χ1n) is 10.2. The average Bonchev–Trinajstić information content (AvgIpc) is 3.35. The number of sulfonamides is 1. The molecule has 6 nitrogen and oxygen atoms in total. The molecule has 0 aliphatic heterocycles. The number of benzene rings is 3. The molecule has 12 heteroatoms. The number of anilines is 3. The van der Waals surface area contributed by atoms with Gasteiger partial charge in [0.1, 0.15) is 5.82 Å². The molecule has 0 aliphatic carbocycles. The fourth-order valence-corrected chi connectivity index (χ4v) is 5.03. The molecule has 0 saturated heterocycles. The maximum Gasteiger partial charge on any atom is 0.419 e. The molecule has 0 spiro atoms. The van der Waals surface area contributed by atoms with Gasteiger partial charge in [-0.3, -0.25) is 4.72 Å². The number of rotatable bonds is 6. The fourth-order valence-electron chi connectivity index (χ4n) is 3.29. The van der Waals surface area contributed by atoms with Crippen molar-refractivity contribution in [3.05, 3.63) is 94.9 Å². The van der Waals surface area contributed by atoms with Crippen LogP contribution < -0.4 is 15.4 Å². The van der Waals surface area contributed by atoms with Gasteiger partial charge in [-0.25, -0.2) is 17.6 Å². The molecule has 1 heterocycles. The van der Waals surface area contributed by atoms with Crippen molar-refractivity contribution in [3.8, 4) is 11.1 Å². The Morgan fingerprint density at radius 2 is 1.61 bits per heavy atom. The highest BCUT2D eigenvalue weighted by atomic mass is 32.2. The minimum Gasteiger partial charge on any atom is -0.308 e. The van der Waals surface area contributed by atoms with Crippen molar-refractivity contribution >= 4 is 44.5 Å². The van der Waals surface area contributed by atoms with Crippen LogP contribution in [0, 0.1) is 5.82 Å². The number of carbonyl (C=O) groups excluding carboxylic acids is 1. The van der Waals surface area contributed by atoms with E-state index < -0.39 is 33.6 Å². The van der Waals surface area contributed by atoms with Crippen LogP contribution in [-0.4, -0.2) is 14.4 Å². The van der Waals surface area contributed by atoms with E-state index in [1.807, 2.05) is 0 Å². The predicted molar refractivity (Wildman–Crippen MR) is 131 cm³/mol. The first kappa shape index (κ1) is 25.2. The zero-order valence-corrected chi connectivity index (χ0v) is 19.8. The summed E-state index contributed by atoms with van der Waals surface area (Å²) >= 11 is 1.38. The number of hydrogen-bond acceptors (Lipinski definition) is 4. The molecule has 2 amide bonds. The zero-order chi connectivity index (χ0) is 25.9. The highest BCUT2D eigenvalue weighted by Gasteiger charge is 2.34. The van der Waals surface area contributed by atoms with Crippen molar-refractivity contribution in [1.82, 2.24) is 0 Å². The van der Waals surface area contributed by atoms with Gasteiger partial charge in [-0.05, 0) is 64.9 Å². The topological polar surface area (TPSA) is 87.3 Å². The Hall–Kier alpha value is -3.90. The number of halogens is 4. The van der Waals surface area contributed by atoms with Crippen LogP contribution in [-0.2, 0) is 16.2 Å². The van der Waals surface area contributed by atoms with Crippen molar-refractivity contribution < 1.29 is 30.8 Å². The minimum atomic E-state index is -4.95. The van der Waals surface area contributed by atoms with Crippen LogP contribution in [0.1, 0.15) is 5.56 Å². The summed E-state index contributed by atoms with van der Waals surface area (Å²) in [5.41, 5.74) is -0.216. The third-order valence-corrected chi connectivity index (χ3v) is 7.00. The molecule has 0 radical (unpaired) electrons. The van der Waals surface area contributed by atoms with Crippen molar-refractivity contribution in [2.75, 3.05) is 15.4 Å². The average molecular weight is 536 g/mol. The number of alkyl halides is 3. The van der Waals surface area contributed by atoms with E-state index in [0.717, 1.165) is 6.07 Å². The summed E-state index contributed by atoms with van der Waals surface area (Å²) in [6.07, 6.45) is -4.95. The Kier molecular flexibility index (Phi) is 7.00. The van der Waals surface area contributed by atoms with Gasteiger partial charge in [-0.1, -0.05) is 24.3 Å². The van der Waals surface area contributed by atoms with E-state index >= 15 is 0 Å². The molecule has 3 N–H and O–H groups in total. The lowest BCUT2D eigenvalue weighted by Gasteiger charge is -2.15. The summed E-state index contributed by atoms with van der Waals surface area (Å²) in [6, 6.07) is 15.2. The molecule has 0 atom stereocenters. The fraction of sp³-hybridized carbons (Fsp3) is 0.0417. The van der Waals surface area contributed by atoms with E-state index in [-0.39, 0.29) is 16.3 Å². The Labute approximate surface area is 207 Å². The summed E-state index contributed by atoms with van der Waals surface area (Å²) in [5.74, 6) is -1.47. The lowest BCUT2D eigenvalue weighted by Crippen LogP contribution is -2.21. The highest BCUT2D eigenvalue weighted by molar-refractivity contribution is 7.92. The van der Waals surface area contributed by atoms with Crippen LogP contribution >= 0.6 is 11.3 Å². The summed E-state index contributed by atoms with van der Waals surface area (Å²) in [7, 11) is -4.03. The van der Waals surface area contributed by atoms with Crippen molar-refractivity contribution in [1.29, 1.82) is 0 Å². The van der Waals surface area contributed by atoms with Gasteiger partial charge in [-0.15, -0.1) is 0 Å². The largest absolute Gasteiger partial charge is 0.419 e. The molecule has 0 unspecified atom stereocenters. The maximum atomic E-state index is 13.6. The maximum absolute atomic E-state index is 13.6. The molecule has 3 aromatic carbocycles. The molecule has 0 fully saturated rings. The van der Waals surface area contributed by atoms with Gasteiger partial charge in [0, 0.05) is 16.9 Å². The molecule has 0 bridgehead atoms. The van der Waals surface area contributed by atoms with Crippen LogP contribution in [0.4, 0.5) is 39.4 Å². The normalized spacial score (nSPS) is 11.7. The lowest BCUT2D eigenvalue weighted by atomic mass is 10.1. The molecular formula is C24H17F4N3O3S2. The standard InChI is InChI=1S/C24H17F4N3O3S2/c25-21-9-6-17(12-20(21)24(26,27)28)29-23(32)30-22-13-18(7-8-19(22)15-10-11-35-14-15)36(33,34)31-16-4-2-1-3-5-16/h1-14,31H,(H2,29,30,32). The van der Waals surface area contributed by atoms with Crippen molar-refractivity contribution in [2.45, 2.75) is 11.1 Å². The molecule has 0 saturated carbocycles. The van der Waals surface area contributed by atoms with Crippen molar-refractivity contribution in [3.63, 3.8) is 0 Å². The number of hydrogen-bond donors (Lipinski definition) is 3. The first-order chi connectivity index (χ1) is 17.0. The summed E-state index contributed by atoms with van der Waals surface area (Å²) in [5, 5.41) is 8.28. The summed E-state index contributed by atoms with van der Waals surface area (Å²) < 4.78 is 80.8. The number of urea groups is 1. The predicted octanol–water partition coefficient (Wildman–Crippen LogP) is 7.02. The number of thiophene rings is 1. The highest BCUT2D eigenvalue weighted by Crippen LogP contribution is 2.34. The van der Waals surface area contributed by atoms with E-state index in [1.165, 1.54) is 29.5 Å². The van der Waals surface area contributed by atoms with E-state index in [2.05, 4.69) is 15.4 Å². The van der Waals surface area contributed by atoms with Crippen molar-refractivity contribution in [2.24, 2.45) is 0 Å². The van der Waals surface area contributed by atoms with Gasteiger partial charge < -0.3 is 10.6 Å². The Morgan fingerprint density at radius 3 is 2.28 bits per heavy atom. The number of para-hydroxylation sites is 1. The SMILES string of the molecule is O=C(Nc1ccc(F)c(C(F)(F)F)c1)Nc1cc(S(=O)(=O)Nc2ccccc2)ccc1-c1ccsc1. The second kappa shape index (κ2) is 9.99. The summed E-state index contributed by atoms with van der Waals surface area (Å²) in [4.78, 5) is 12.5. The van der Waals surface area contributed by atoms with Gasteiger partial charge in [-0.2, -0.15) is 24.5 Å². The van der Waals surface area contributed by atoms with Gasteiger partial charge in [0.2, 0.25) is 0 Å². The van der Waals surface area contributed by atoms with Gasteiger partial charge in [0.05, 0.1) is 16.1 Å². The molecule has 0 aliphatic rings. The molecule has 4 aromatic rings. The van der Waals surface area contributed by atoms with E-state index in [1.54, 1.807) is 47.2 Å². The second-order valence-electron chi connectivity index (χ2n) is 7.46. The Balaban J connectivity index is 1.64. The smallest absolute Gasteiger partial charge is 0.308 e. The van der Waals surface area contributed by atoms with Gasteiger partial charge >= 0.3 is 12.2 Å². The van der Waals surface area contributed by atoms with Gasteiger partial charge in [0.25, 0.3) is 10.0 Å². The van der Waals surface area contributed by atoms with Crippen LogP contribution in [0.15, 0.2) is 88.5 Å². The van der Waals surface area contributed by atoms with Crippen LogP contribution in [0.25, 0.3) is 11.1 Å². The number of amides is 2. The molecule has 186 valence electrons. The molecule has 4 rings (SSSR count). The molecule has 1 aromatic heterocycles. The third-order valence-electron chi connectivity index (χ3n) is 4.94. The summed E-state index contributed by atoms with van der Waals surface area (Å²) in [6.45, 7) is 0. The Morgan fingerprint density at radius 1 is 0.861 bits per heavy atom. The number of carbonyl (C=O) groups is 1. The van der Waals surface area contributed by atoms with E-state index in [4.69, 9.17) is 0 Å². The Bertz CT molecular complexity index is 1490. The minimum absolute atomic E-state index is 0.0972. The first-order valence-corrected chi connectivity index (χ1v) is 12.6. The monoisotopic (exact) mass is 535 g/mol. The second-order valence-corrected chi connectivity index (χ2v) is 9.92. The van der Waals surface area contributed by atoms with E-state index in [0.29, 0.717) is 28.9 Å². The van der Waals surface area contributed by atoms with Crippen LogP contribution in [0.3, 0.4) is 0 Å². The lowest BCUT2D eigenvalue weighted by molar-refractivity contribution is -0.139. The zero-order valence-electron chi connectivity index (χ0n) is 18.1. The van der Waals surface area contributed by atoms with E-state index in [9.17, 15) is 30.8 Å². The van der Waals surface area contributed by atoms with Crippen LogP contribution in [0.2, 0.25) is 0 Å². The number of nitrogens with one attached hydrogen (secondary N) is 3. The van der Waals surface area contributed by atoms with Crippen LogP contribution in [0.5, 0.6) is 0 Å². The quantitative estimate of drug-likeness (QED) is 0.232. The third kappa shape index (κ3) is 5.83.